The van der Waals surface area contributed by atoms with Crippen LogP contribution < -0.4 is 4.74 Å². The van der Waals surface area contributed by atoms with E-state index >= 15 is 0 Å². The summed E-state index contributed by atoms with van der Waals surface area (Å²) in [6.07, 6.45) is 10.1. The molecule has 0 amide bonds. The minimum absolute atomic E-state index is 0.874. The van der Waals surface area contributed by atoms with E-state index in [1.165, 1.54) is 63.7 Å². The maximum atomic E-state index is 5.27. The smallest absolute Gasteiger partial charge is 0.121 e. The lowest BCUT2D eigenvalue weighted by atomic mass is 9.91. The predicted octanol–water partition coefficient (Wildman–Crippen LogP) is 4.34. The van der Waals surface area contributed by atoms with Crippen LogP contribution in [0.25, 0.3) is 11.0 Å². The van der Waals surface area contributed by atoms with E-state index in [1.807, 2.05) is 18.5 Å². The molecule has 1 aromatic heterocycles. The minimum Gasteiger partial charge on any atom is -0.497 e. The van der Waals surface area contributed by atoms with Crippen molar-refractivity contribution in [1.29, 1.82) is 0 Å². The lowest BCUT2D eigenvalue weighted by Gasteiger charge is -2.32. The fraction of sp³-hybridized carbons (Fsp3) is 0.650. The van der Waals surface area contributed by atoms with E-state index in [1.54, 1.807) is 7.11 Å². The third-order valence-corrected chi connectivity index (χ3v) is 5.37. The van der Waals surface area contributed by atoms with Gasteiger partial charge >= 0.3 is 0 Å². The summed E-state index contributed by atoms with van der Waals surface area (Å²) in [4.78, 5) is 7.14. The van der Waals surface area contributed by atoms with Gasteiger partial charge in [-0.3, -0.25) is 0 Å². The number of benzene rings is 1. The molecule has 24 heavy (non-hydrogen) atoms. The first-order valence-corrected chi connectivity index (χ1v) is 9.51. The highest BCUT2D eigenvalue weighted by Crippen LogP contribution is 2.23. The van der Waals surface area contributed by atoms with E-state index in [2.05, 4.69) is 27.4 Å². The Hall–Kier alpha value is -1.55. The molecule has 0 atom stereocenters. The van der Waals surface area contributed by atoms with Crippen LogP contribution in [0.2, 0.25) is 0 Å². The highest BCUT2D eigenvalue weighted by molar-refractivity contribution is 5.76. The number of hydrogen-bond acceptors (Lipinski definition) is 3. The number of aromatic nitrogens is 2. The number of hydrogen-bond donors (Lipinski definition) is 0. The summed E-state index contributed by atoms with van der Waals surface area (Å²) in [5.74, 6) is 1.85. The number of imidazole rings is 1. The SMILES string of the molecule is CCCCC1CCN(CCCn2cnc3cc(OC)ccc32)CC1. The van der Waals surface area contributed by atoms with Gasteiger partial charge in [0.15, 0.2) is 0 Å². The highest BCUT2D eigenvalue weighted by Gasteiger charge is 2.18. The Balaban J connectivity index is 1.44. The first kappa shape index (κ1) is 17.3. The number of rotatable bonds is 8. The van der Waals surface area contributed by atoms with Gasteiger partial charge in [0.05, 0.1) is 24.5 Å². The highest BCUT2D eigenvalue weighted by atomic mass is 16.5. The van der Waals surface area contributed by atoms with Gasteiger partial charge in [-0.15, -0.1) is 0 Å². The summed E-state index contributed by atoms with van der Waals surface area (Å²) in [6.45, 7) is 7.12. The van der Waals surface area contributed by atoms with Crippen LogP contribution in [0.5, 0.6) is 5.75 Å². The normalized spacial score (nSPS) is 16.8. The molecule has 0 spiro atoms. The quantitative estimate of drug-likeness (QED) is 0.722. The molecule has 1 aliphatic rings. The van der Waals surface area contributed by atoms with Gasteiger partial charge in [0.2, 0.25) is 0 Å². The van der Waals surface area contributed by atoms with Gasteiger partial charge in [-0.1, -0.05) is 26.2 Å². The van der Waals surface area contributed by atoms with Crippen LogP contribution in [0, 0.1) is 5.92 Å². The zero-order chi connectivity index (χ0) is 16.8. The van der Waals surface area contributed by atoms with Gasteiger partial charge in [-0.05, 0) is 56.9 Å². The molecule has 0 N–H and O–H groups in total. The number of likely N-dealkylation sites (tertiary alicyclic amines) is 1. The second-order valence-electron chi connectivity index (χ2n) is 7.07. The Morgan fingerprint density at radius 3 is 2.75 bits per heavy atom. The Morgan fingerprint density at radius 2 is 2.00 bits per heavy atom. The van der Waals surface area contributed by atoms with Gasteiger partial charge < -0.3 is 14.2 Å². The summed E-state index contributed by atoms with van der Waals surface area (Å²) in [6, 6.07) is 6.13. The zero-order valence-electron chi connectivity index (χ0n) is 15.2. The summed E-state index contributed by atoms with van der Waals surface area (Å²) in [7, 11) is 1.70. The number of unbranched alkanes of at least 4 members (excludes halogenated alkanes) is 1. The van der Waals surface area contributed by atoms with Crippen LogP contribution in [0.3, 0.4) is 0 Å². The minimum atomic E-state index is 0.874. The van der Waals surface area contributed by atoms with E-state index in [0.717, 1.165) is 23.7 Å². The second kappa shape index (κ2) is 8.52. The van der Waals surface area contributed by atoms with Crippen LogP contribution in [-0.4, -0.2) is 41.2 Å². The van der Waals surface area contributed by atoms with Crippen molar-refractivity contribution in [3.8, 4) is 5.75 Å². The number of ether oxygens (including phenoxy) is 1. The molecule has 1 saturated heterocycles. The van der Waals surface area contributed by atoms with Crippen molar-refractivity contribution >= 4 is 11.0 Å². The molecule has 1 fully saturated rings. The topological polar surface area (TPSA) is 30.3 Å². The molecule has 1 aliphatic heterocycles. The molecule has 2 aromatic rings. The summed E-state index contributed by atoms with van der Waals surface area (Å²) in [5.41, 5.74) is 2.22. The lowest BCUT2D eigenvalue weighted by molar-refractivity contribution is 0.174. The van der Waals surface area contributed by atoms with Gasteiger partial charge in [0.1, 0.15) is 5.75 Å². The standard InChI is InChI=1S/C20H31N3O/c1-3-4-6-17-9-13-22(14-10-17)11-5-12-23-16-21-19-15-18(24-2)7-8-20(19)23/h7-8,15-17H,3-6,9-14H2,1-2H3. The van der Waals surface area contributed by atoms with Crippen molar-refractivity contribution in [2.75, 3.05) is 26.7 Å². The predicted molar refractivity (Wildman–Crippen MR) is 99.6 cm³/mol. The third kappa shape index (κ3) is 4.29. The molecule has 0 aliphatic carbocycles. The number of fused-ring (bicyclic) bond motifs is 1. The van der Waals surface area contributed by atoms with Crippen molar-refractivity contribution in [2.45, 2.75) is 52.0 Å². The first-order chi connectivity index (χ1) is 11.8. The molecule has 0 unspecified atom stereocenters. The Labute approximate surface area is 145 Å². The summed E-state index contributed by atoms with van der Waals surface area (Å²) < 4.78 is 7.54. The van der Waals surface area contributed by atoms with E-state index in [9.17, 15) is 0 Å². The molecule has 1 aromatic carbocycles. The molecule has 132 valence electrons. The first-order valence-electron chi connectivity index (χ1n) is 9.51. The second-order valence-corrected chi connectivity index (χ2v) is 7.07. The number of methoxy groups -OCH3 is 1. The van der Waals surface area contributed by atoms with E-state index in [-0.39, 0.29) is 0 Å². The third-order valence-electron chi connectivity index (χ3n) is 5.37. The summed E-state index contributed by atoms with van der Waals surface area (Å²) in [5, 5.41) is 0. The maximum Gasteiger partial charge on any atom is 0.121 e. The number of piperidine rings is 1. The maximum absolute atomic E-state index is 5.27. The van der Waals surface area contributed by atoms with Crippen molar-refractivity contribution in [3.63, 3.8) is 0 Å². The molecule has 0 saturated carbocycles. The van der Waals surface area contributed by atoms with E-state index < -0.39 is 0 Å². The Morgan fingerprint density at radius 1 is 1.17 bits per heavy atom. The number of aryl methyl sites for hydroxylation is 1. The van der Waals surface area contributed by atoms with Gasteiger partial charge in [-0.25, -0.2) is 4.98 Å². The van der Waals surface area contributed by atoms with Crippen molar-refractivity contribution in [2.24, 2.45) is 5.92 Å². The fourth-order valence-electron chi connectivity index (χ4n) is 3.80. The molecule has 3 rings (SSSR count). The Kier molecular flexibility index (Phi) is 6.13. The van der Waals surface area contributed by atoms with Crippen LogP contribution in [0.15, 0.2) is 24.5 Å². The molecule has 4 heteroatoms. The Bertz CT molecular complexity index is 629. The lowest BCUT2D eigenvalue weighted by Crippen LogP contribution is -2.34. The van der Waals surface area contributed by atoms with Crippen LogP contribution in [-0.2, 0) is 6.54 Å². The van der Waals surface area contributed by atoms with E-state index in [4.69, 9.17) is 4.74 Å². The van der Waals surface area contributed by atoms with Crippen LogP contribution in [0.4, 0.5) is 0 Å². The summed E-state index contributed by atoms with van der Waals surface area (Å²) >= 11 is 0. The van der Waals surface area contributed by atoms with Crippen LogP contribution >= 0.6 is 0 Å². The monoisotopic (exact) mass is 329 g/mol. The molecule has 0 radical (unpaired) electrons. The molecule has 0 bridgehead atoms. The molecule has 4 nitrogen and oxygen atoms in total. The molecular weight excluding hydrogens is 298 g/mol. The van der Waals surface area contributed by atoms with Crippen LogP contribution in [0.1, 0.15) is 45.4 Å². The van der Waals surface area contributed by atoms with Crippen molar-refractivity contribution in [3.05, 3.63) is 24.5 Å². The van der Waals surface area contributed by atoms with Crippen molar-refractivity contribution < 1.29 is 4.74 Å². The molecular formula is C20H31N3O. The average Bonchev–Trinajstić information content (AvgIpc) is 3.03. The zero-order valence-corrected chi connectivity index (χ0v) is 15.2. The van der Waals surface area contributed by atoms with Crippen molar-refractivity contribution in [1.82, 2.24) is 14.5 Å². The van der Waals surface area contributed by atoms with Gasteiger partial charge in [0, 0.05) is 12.6 Å². The molecule has 2 heterocycles. The fourth-order valence-corrected chi connectivity index (χ4v) is 3.80. The number of nitrogens with zero attached hydrogens (tertiary/aromatic N) is 3. The average molecular weight is 329 g/mol. The largest absolute Gasteiger partial charge is 0.497 e. The van der Waals surface area contributed by atoms with Gasteiger partial charge in [-0.2, -0.15) is 0 Å². The van der Waals surface area contributed by atoms with E-state index in [0.29, 0.717) is 0 Å². The van der Waals surface area contributed by atoms with Gasteiger partial charge in [0.25, 0.3) is 0 Å².